The number of nitrogens with zero attached hydrogens (tertiary/aromatic N) is 3. The van der Waals surface area contributed by atoms with Crippen molar-refractivity contribution >= 4 is 11.7 Å². The average molecular weight is 278 g/mol. The van der Waals surface area contributed by atoms with Gasteiger partial charge in [-0.05, 0) is 32.4 Å². The molecular formula is C14H22N4O2. The van der Waals surface area contributed by atoms with Crippen LogP contribution in [0.2, 0.25) is 0 Å². The second-order valence-corrected chi connectivity index (χ2v) is 5.20. The number of ether oxygens (including phenoxy) is 1. The highest BCUT2D eigenvalue weighted by molar-refractivity contribution is 5.92. The molecule has 2 heterocycles. The van der Waals surface area contributed by atoms with E-state index in [-0.39, 0.29) is 18.1 Å². The van der Waals surface area contributed by atoms with Gasteiger partial charge < -0.3 is 15.0 Å². The lowest BCUT2D eigenvalue weighted by atomic mass is 10.2. The molecule has 0 aromatic carbocycles. The number of rotatable bonds is 4. The van der Waals surface area contributed by atoms with Crippen molar-refractivity contribution in [2.45, 2.75) is 39.4 Å². The van der Waals surface area contributed by atoms with Crippen LogP contribution in [0.5, 0.6) is 0 Å². The first-order valence-electron chi connectivity index (χ1n) is 7.12. The molecule has 6 heteroatoms. The van der Waals surface area contributed by atoms with E-state index in [2.05, 4.69) is 22.4 Å². The molecule has 1 aliphatic heterocycles. The quantitative estimate of drug-likeness (QED) is 0.905. The van der Waals surface area contributed by atoms with Crippen LogP contribution in [0.25, 0.3) is 0 Å². The Morgan fingerprint density at radius 3 is 2.60 bits per heavy atom. The Bertz CT molecular complexity index is 439. The number of amides is 1. The third-order valence-corrected chi connectivity index (χ3v) is 3.15. The number of hydrogen-bond donors (Lipinski definition) is 1. The molecule has 2 unspecified atom stereocenters. The topological polar surface area (TPSA) is 67.4 Å². The summed E-state index contributed by atoms with van der Waals surface area (Å²) in [5.41, 5.74) is 0.383. The molecule has 1 N–H and O–H groups in total. The number of anilines is 1. The summed E-state index contributed by atoms with van der Waals surface area (Å²) in [6.07, 6.45) is 1.13. The maximum atomic E-state index is 12.4. The Kier molecular flexibility index (Phi) is 4.89. The molecule has 1 amide bonds. The molecule has 6 nitrogen and oxygen atoms in total. The van der Waals surface area contributed by atoms with Crippen molar-refractivity contribution in [1.29, 1.82) is 0 Å². The zero-order chi connectivity index (χ0) is 14.5. The van der Waals surface area contributed by atoms with Gasteiger partial charge in [-0.2, -0.15) is 0 Å². The minimum atomic E-state index is -0.0819. The van der Waals surface area contributed by atoms with Crippen molar-refractivity contribution in [3.63, 3.8) is 0 Å². The summed E-state index contributed by atoms with van der Waals surface area (Å²) in [6.45, 7) is 8.07. The normalized spacial score (nSPS) is 22.6. The SMILES string of the molecule is CCCNc1ccc(C(=O)N2CC(C)OC(C)C2)nn1. The molecule has 1 aromatic heterocycles. The predicted octanol–water partition coefficient (Wildman–Crippen LogP) is 1.55. The van der Waals surface area contributed by atoms with Gasteiger partial charge in [0.05, 0.1) is 12.2 Å². The highest BCUT2D eigenvalue weighted by atomic mass is 16.5. The standard InChI is InChI=1S/C14H22N4O2/c1-4-7-15-13-6-5-12(16-17-13)14(19)18-8-10(2)20-11(3)9-18/h5-6,10-11H,4,7-9H2,1-3H3,(H,15,17). The molecule has 2 rings (SSSR count). The first-order chi connectivity index (χ1) is 9.60. The molecular weight excluding hydrogens is 256 g/mol. The van der Waals surface area contributed by atoms with Crippen LogP contribution in [0.1, 0.15) is 37.7 Å². The Morgan fingerprint density at radius 2 is 2.05 bits per heavy atom. The molecule has 110 valence electrons. The summed E-state index contributed by atoms with van der Waals surface area (Å²) in [4.78, 5) is 14.1. The van der Waals surface area contributed by atoms with E-state index in [1.165, 1.54) is 0 Å². The molecule has 1 aliphatic rings. The maximum absolute atomic E-state index is 12.4. The molecule has 0 aliphatic carbocycles. The van der Waals surface area contributed by atoms with Gasteiger partial charge in [0.15, 0.2) is 5.69 Å². The number of hydrogen-bond acceptors (Lipinski definition) is 5. The van der Waals surface area contributed by atoms with Gasteiger partial charge in [0, 0.05) is 19.6 Å². The van der Waals surface area contributed by atoms with Crippen LogP contribution in [0.4, 0.5) is 5.82 Å². The molecule has 1 fully saturated rings. The van der Waals surface area contributed by atoms with Crippen LogP contribution in [0.15, 0.2) is 12.1 Å². The minimum Gasteiger partial charge on any atom is -0.372 e. The van der Waals surface area contributed by atoms with E-state index < -0.39 is 0 Å². The minimum absolute atomic E-state index is 0.0566. The second kappa shape index (κ2) is 6.65. The van der Waals surface area contributed by atoms with Crippen molar-refractivity contribution in [3.8, 4) is 0 Å². The van der Waals surface area contributed by atoms with Gasteiger partial charge in [-0.15, -0.1) is 10.2 Å². The van der Waals surface area contributed by atoms with Crippen molar-refractivity contribution in [3.05, 3.63) is 17.8 Å². The van der Waals surface area contributed by atoms with E-state index in [0.29, 0.717) is 24.6 Å². The molecule has 0 radical (unpaired) electrons. The van der Waals surface area contributed by atoms with E-state index in [1.807, 2.05) is 13.8 Å². The van der Waals surface area contributed by atoms with Crippen molar-refractivity contribution in [2.75, 3.05) is 25.0 Å². The Labute approximate surface area is 119 Å². The van der Waals surface area contributed by atoms with Crippen LogP contribution in [-0.2, 0) is 4.74 Å². The zero-order valence-electron chi connectivity index (χ0n) is 12.3. The fraction of sp³-hybridized carbons (Fsp3) is 0.643. The Balaban J connectivity index is 2.01. The average Bonchev–Trinajstić information content (AvgIpc) is 2.44. The molecule has 2 atom stereocenters. The number of carbonyl (C=O) groups excluding carboxylic acids is 1. The highest BCUT2D eigenvalue weighted by Crippen LogP contribution is 2.13. The Hall–Kier alpha value is -1.69. The lowest BCUT2D eigenvalue weighted by Crippen LogP contribution is -2.48. The third-order valence-electron chi connectivity index (χ3n) is 3.15. The highest BCUT2D eigenvalue weighted by Gasteiger charge is 2.27. The van der Waals surface area contributed by atoms with Crippen LogP contribution in [0, 0.1) is 0 Å². The zero-order valence-corrected chi connectivity index (χ0v) is 12.3. The van der Waals surface area contributed by atoms with E-state index in [1.54, 1.807) is 17.0 Å². The molecule has 0 saturated carbocycles. The first kappa shape index (κ1) is 14.7. The summed E-state index contributed by atoms with van der Waals surface area (Å²) in [5.74, 6) is 0.619. The van der Waals surface area contributed by atoms with Gasteiger partial charge in [-0.25, -0.2) is 0 Å². The fourth-order valence-corrected chi connectivity index (χ4v) is 2.30. The number of aromatic nitrogens is 2. The van der Waals surface area contributed by atoms with Gasteiger partial charge in [0.1, 0.15) is 5.82 Å². The Morgan fingerprint density at radius 1 is 1.35 bits per heavy atom. The summed E-state index contributed by atoms with van der Waals surface area (Å²) in [5, 5.41) is 11.2. The molecule has 0 bridgehead atoms. The summed E-state index contributed by atoms with van der Waals surface area (Å²) >= 11 is 0. The molecule has 1 saturated heterocycles. The van der Waals surface area contributed by atoms with E-state index in [0.717, 1.165) is 13.0 Å². The van der Waals surface area contributed by atoms with Gasteiger partial charge in [-0.1, -0.05) is 6.92 Å². The summed E-state index contributed by atoms with van der Waals surface area (Å²) in [6, 6.07) is 3.52. The van der Waals surface area contributed by atoms with Crippen LogP contribution in [-0.4, -0.2) is 52.8 Å². The third kappa shape index (κ3) is 3.66. The number of nitrogens with one attached hydrogen (secondary N) is 1. The van der Waals surface area contributed by atoms with Gasteiger partial charge in [-0.3, -0.25) is 4.79 Å². The van der Waals surface area contributed by atoms with Gasteiger partial charge in [0.2, 0.25) is 0 Å². The number of morpholine rings is 1. The summed E-state index contributed by atoms with van der Waals surface area (Å²) in [7, 11) is 0. The van der Waals surface area contributed by atoms with Crippen LogP contribution >= 0.6 is 0 Å². The molecule has 0 spiro atoms. The second-order valence-electron chi connectivity index (χ2n) is 5.20. The smallest absolute Gasteiger partial charge is 0.274 e. The van der Waals surface area contributed by atoms with E-state index in [4.69, 9.17) is 4.74 Å². The fourth-order valence-electron chi connectivity index (χ4n) is 2.30. The summed E-state index contributed by atoms with van der Waals surface area (Å²) < 4.78 is 5.63. The van der Waals surface area contributed by atoms with Crippen molar-refractivity contribution in [1.82, 2.24) is 15.1 Å². The first-order valence-corrected chi connectivity index (χ1v) is 7.12. The lowest BCUT2D eigenvalue weighted by Gasteiger charge is -2.35. The maximum Gasteiger partial charge on any atom is 0.274 e. The van der Waals surface area contributed by atoms with Crippen molar-refractivity contribution < 1.29 is 9.53 Å². The van der Waals surface area contributed by atoms with Crippen LogP contribution in [0.3, 0.4) is 0 Å². The molecule has 20 heavy (non-hydrogen) atoms. The monoisotopic (exact) mass is 278 g/mol. The molecule has 1 aromatic rings. The van der Waals surface area contributed by atoms with Crippen LogP contribution < -0.4 is 5.32 Å². The van der Waals surface area contributed by atoms with Gasteiger partial charge >= 0.3 is 0 Å². The predicted molar refractivity (Wildman–Crippen MR) is 76.7 cm³/mol. The largest absolute Gasteiger partial charge is 0.372 e. The van der Waals surface area contributed by atoms with E-state index >= 15 is 0 Å². The number of carbonyl (C=O) groups is 1. The van der Waals surface area contributed by atoms with Crippen molar-refractivity contribution in [2.24, 2.45) is 0 Å². The van der Waals surface area contributed by atoms with E-state index in [9.17, 15) is 4.79 Å². The lowest BCUT2D eigenvalue weighted by molar-refractivity contribution is -0.0587. The van der Waals surface area contributed by atoms with Gasteiger partial charge in [0.25, 0.3) is 5.91 Å².